The molecule has 4 aromatic rings. The van der Waals surface area contributed by atoms with Crippen molar-refractivity contribution in [2.45, 2.75) is 38.3 Å². The zero-order valence-corrected chi connectivity index (χ0v) is 18.9. The summed E-state index contributed by atoms with van der Waals surface area (Å²) in [4.78, 5) is 19.3. The highest BCUT2D eigenvalue weighted by Crippen LogP contribution is 2.24. The van der Waals surface area contributed by atoms with Gasteiger partial charge in [-0.05, 0) is 74.2 Å². The van der Waals surface area contributed by atoms with Crippen LogP contribution in [-0.2, 0) is 6.54 Å². The van der Waals surface area contributed by atoms with Crippen LogP contribution >= 0.6 is 0 Å². The topological polar surface area (TPSA) is 57.2 Å². The van der Waals surface area contributed by atoms with Crippen LogP contribution in [0.5, 0.6) is 5.75 Å². The van der Waals surface area contributed by atoms with Crippen molar-refractivity contribution in [2.75, 3.05) is 18.5 Å². The van der Waals surface area contributed by atoms with Crippen LogP contribution in [0.15, 0.2) is 84.4 Å². The summed E-state index contributed by atoms with van der Waals surface area (Å²) >= 11 is 0. The zero-order valence-electron chi connectivity index (χ0n) is 18.9. The van der Waals surface area contributed by atoms with E-state index < -0.39 is 0 Å². The molecule has 0 amide bonds. The van der Waals surface area contributed by atoms with Gasteiger partial charge in [-0.15, -0.1) is 0 Å². The molecule has 0 atom stereocenters. The summed E-state index contributed by atoms with van der Waals surface area (Å²) in [6.45, 7) is 1.73. The Hall–Kier alpha value is -3.74. The van der Waals surface area contributed by atoms with Crippen molar-refractivity contribution in [2.24, 2.45) is 0 Å². The molecule has 170 valence electrons. The Balaban J connectivity index is 1.27. The quantitative estimate of drug-likeness (QED) is 0.408. The van der Waals surface area contributed by atoms with Crippen LogP contribution in [0.3, 0.4) is 0 Å². The van der Waals surface area contributed by atoms with Gasteiger partial charge in [-0.3, -0.25) is 9.13 Å². The van der Waals surface area contributed by atoms with Crippen molar-refractivity contribution >= 4 is 5.69 Å². The predicted octanol–water partition coefficient (Wildman–Crippen LogP) is 4.28. The van der Waals surface area contributed by atoms with Gasteiger partial charge in [0.25, 0.3) is 0 Å². The number of hydrogen-bond donors (Lipinski definition) is 0. The summed E-state index contributed by atoms with van der Waals surface area (Å²) < 4.78 is 11.4. The number of imidazole rings is 2. The largest absolute Gasteiger partial charge is 0.490 e. The van der Waals surface area contributed by atoms with Crippen LogP contribution in [-0.4, -0.2) is 38.4 Å². The minimum Gasteiger partial charge on any atom is -0.490 e. The van der Waals surface area contributed by atoms with Crippen molar-refractivity contribution < 1.29 is 4.74 Å². The summed E-state index contributed by atoms with van der Waals surface area (Å²) in [6.07, 6.45) is 14.3. The van der Waals surface area contributed by atoms with Crippen molar-refractivity contribution in [1.29, 1.82) is 0 Å². The number of likely N-dealkylation sites (N-methyl/N-ethyl adjacent to an activating group) is 1. The lowest BCUT2D eigenvalue weighted by molar-refractivity contribution is 0.210. The van der Waals surface area contributed by atoms with Crippen LogP contribution in [0.4, 0.5) is 5.69 Å². The molecule has 1 fully saturated rings. The first kappa shape index (κ1) is 21.1. The fourth-order valence-corrected chi connectivity index (χ4v) is 4.34. The van der Waals surface area contributed by atoms with E-state index in [1.165, 1.54) is 12.8 Å². The lowest BCUT2D eigenvalue weighted by Crippen LogP contribution is -2.23. The maximum Gasteiger partial charge on any atom is 0.337 e. The van der Waals surface area contributed by atoms with Crippen molar-refractivity contribution in [3.05, 3.63) is 90.1 Å². The third-order valence-electron chi connectivity index (χ3n) is 6.32. The number of aromatic nitrogens is 4. The normalized spacial score (nSPS) is 14.0. The van der Waals surface area contributed by atoms with Gasteiger partial charge in [-0.1, -0.05) is 0 Å². The van der Waals surface area contributed by atoms with Gasteiger partial charge in [0.1, 0.15) is 5.75 Å². The van der Waals surface area contributed by atoms with Crippen LogP contribution in [0.25, 0.3) is 11.4 Å². The molecule has 1 saturated carbocycles. The highest BCUT2D eigenvalue weighted by Gasteiger charge is 2.16. The van der Waals surface area contributed by atoms with Crippen LogP contribution < -0.4 is 15.3 Å². The third-order valence-corrected chi connectivity index (χ3v) is 6.32. The molecule has 0 unspecified atom stereocenters. The Labute approximate surface area is 193 Å². The summed E-state index contributed by atoms with van der Waals surface area (Å²) in [5.41, 5.74) is 2.67. The van der Waals surface area contributed by atoms with Crippen LogP contribution in [0, 0.1) is 0 Å². The van der Waals surface area contributed by atoms with E-state index in [2.05, 4.69) is 21.5 Å². The van der Waals surface area contributed by atoms with Gasteiger partial charge in [0.2, 0.25) is 0 Å². The van der Waals surface area contributed by atoms with Crippen LogP contribution in [0.2, 0.25) is 0 Å². The molecule has 0 radical (unpaired) electrons. The minimum atomic E-state index is -0.0966. The summed E-state index contributed by atoms with van der Waals surface area (Å²) in [7, 11) is 2.06. The Morgan fingerprint density at radius 2 is 1.58 bits per heavy atom. The minimum absolute atomic E-state index is 0.0966. The van der Waals surface area contributed by atoms with E-state index >= 15 is 0 Å². The first-order chi connectivity index (χ1) is 16.2. The molecule has 7 heteroatoms. The fourth-order valence-electron chi connectivity index (χ4n) is 4.34. The average Bonchev–Trinajstić information content (AvgIpc) is 3.61. The molecule has 2 aromatic carbocycles. The van der Waals surface area contributed by atoms with E-state index in [1.807, 2.05) is 67.3 Å². The van der Waals surface area contributed by atoms with Crippen molar-refractivity contribution in [3.8, 4) is 17.1 Å². The van der Waals surface area contributed by atoms with Gasteiger partial charge in [0.15, 0.2) is 0 Å². The Morgan fingerprint density at radius 1 is 0.939 bits per heavy atom. The summed E-state index contributed by atoms with van der Waals surface area (Å²) in [5.74, 6) is 0.867. The summed E-state index contributed by atoms with van der Waals surface area (Å²) in [5, 5.41) is 0. The first-order valence-electron chi connectivity index (χ1n) is 11.5. The molecular formula is C26H29N5O2. The second-order valence-corrected chi connectivity index (χ2v) is 8.58. The molecule has 1 aliphatic carbocycles. The monoisotopic (exact) mass is 443 g/mol. The molecule has 0 aliphatic heterocycles. The average molecular weight is 444 g/mol. The molecule has 7 nitrogen and oxygen atoms in total. The standard InChI is InChI=1S/C26H29N5O2/c1-28(16-17-29-15-14-27-20-29)21-6-8-22(9-7-21)30-18-19-31(26(30)32)23-10-12-25(13-11-23)33-24-4-2-3-5-24/h6-15,18-20,24H,2-5,16-17H2,1H3. The lowest BCUT2D eigenvalue weighted by atomic mass is 10.2. The maximum absolute atomic E-state index is 13.1. The maximum atomic E-state index is 13.1. The van der Waals surface area contributed by atoms with Crippen LogP contribution in [0.1, 0.15) is 25.7 Å². The van der Waals surface area contributed by atoms with E-state index in [9.17, 15) is 4.79 Å². The number of anilines is 1. The number of hydrogen-bond acceptors (Lipinski definition) is 4. The highest BCUT2D eigenvalue weighted by atomic mass is 16.5. The molecule has 1 aliphatic rings. The molecule has 33 heavy (non-hydrogen) atoms. The van der Waals surface area contributed by atoms with E-state index in [0.29, 0.717) is 6.10 Å². The second-order valence-electron chi connectivity index (χ2n) is 8.58. The number of nitrogens with zero attached hydrogens (tertiary/aromatic N) is 5. The highest BCUT2D eigenvalue weighted by molar-refractivity contribution is 5.50. The van der Waals surface area contributed by atoms with E-state index in [0.717, 1.165) is 48.7 Å². The number of benzene rings is 2. The lowest BCUT2D eigenvalue weighted by Gasteiger charge is -2.19. The number of rotatable bonds is 8. The second kappa shape index (κ2) is 9.40. The van der Waals surface area contributed by atoms with E-state index in [1.54, 1.807) is 21.5 Å². The predicted molar refractivity (Wildman–Crippen MR) is 130 cm³/mol. The van der Waals surface area contributed by atoms with Gasteiger partial charge in [0, 0.05) is 50.6 Å². The van der Waals surface area contributed by atoms with Crippen molar-refractivity contribution in [1.82, 2.24) is 18.7 Å². The fraction of sp³-hybridized carbons (Fsp3) is 0.308. The van der Waals surface area contributed by atoms with E-state index in [-0.39, 0.29) is 5.69 Å². The Morgan fingerprint density at radius 3 is 2.18 bits per heavy atom. The van der Waals surface area contributed by atoms with Gasteiger partial charge < -0.3 is 14.2 Å². The molecule has 0 spiro atoms. The van der Waals surface area contributed by atoms with Gasteiger partial charge in [-0.25, -0.2) is 9.78 Å². The Bertz CT molecular complexity index is 1220. The van der Waals surface area contributed by atoms with E-state index in [4.69, 9.17) is 4.74 Å². The van der Waals surface area contributed by atoms with Gasteiger partial charge >= 0.3 is 5.69 Å². The molecule has 5 rings (SSSR count). The SMILES string of the molecule is CN(CCn1ccnc1)c1ccc(-n2ccn(-c3ccc(OC4CCCC4)cc3)c2=O)cc1. The molecule has 2 aromatic heterocycles. The Kier molecular flexibility index (Phi) is 6.02. The zero-order chi connectivity index (χ0) is 22.6. The number of ether oxygens (including phenoxy) is 1. The molecule has 0 bridgehead atoms. The smallest absolute Gasteiger partial charge is 0.337 e. The van der Waals surface area contributed by atoms with Gasteiger partial charge in [0.05, 0.1) is 23.8 Å². The van der Waals surface area contributed by atoms with Crippen molar-refractivity contribution in [3.63, 3.8) is 0 Å². The van der Waals surface area contributed by atoms with Gasteiger partial charge in [-0.2, -0.15) is 0 Å². The molecule has 0 N–H and O–H groups in total. The third kappa shape index (κ3) is 4.72. The summed E-state index contributed by atoms with van der Waals surface area (Å²) in [6, 6.07) is 15.8. The molecular weight excluding hydrogens is 414 g/mol. The first-order valence-corrected chi connectivity index (χ1v) is 11.5. The molecule has 0 saturated heterocycles. The molecule has 2 heterocycles.